The number of carbonyl (C=O) groups is 2. The number of amides is 2. The van der Waals surface area contributed by atoms with Gasteiger partial charge >= 0.3 is 0 Å². The molecule has 8 heteroatoms. The van der Waals surface area contributed by atoms with Crippen molar-refractivity contribution in [1.82, 2.24) is 9.80 Å². The number of carbonyl (C=O) groups excluding carboxylic acids is 2. The first-order valence-electron chi connectivity index (χ1n) is 11.7. The SMILES string of the molecule is CCN1CCN(C(=O)c2ccc3c(c2)N(Cc2cccc(Cl)c2)C(=O)c2ccccc2S3=O)CC1. The Balaban J connectivity index is 1.57. The molecular weight excluding hydrogens is 482 g/mol. The molecule has 180 valence electrons. The van der Waals surface area contributed by atoms with Gasteiger partial charge < -0.3 is 14.7 Å². The number of hydrogen-bond acceptors (Lipinski definition) is 4. The monoisotopic (exact) mass is 507 g/mol. The Hall–Kier alpha value is -3.00. The summed E-state index contributed by atoms with van der Waals surface area (Å²) in [6.45, 7) is 6.32. The van der Waals surface area contributed by atoms with Gasteiger partial charge in [-0.3, -0.25) is 9.59 Å². The summed E-state index contributed by atoms with van der Waals surface area (Å²) in [5.41, 5.74) is 2.21. The van der Waals surface area contributed by atoms with Crippen LogP contribution in [-0.4, -0.2) is 58.5 Å². The van der Waals surface area contributed by atoms with E-state index in [1.165, 1.54) is 0 Å². The zero-order valence-electron chi connectivity index (χ0n) is 19.4. The molecule has 3 aromatic rings. The van der Waals surface area contributed by atoms with Crippen molar-refractivity contribution in [2.45, 2.75) is 23.3 Å². The van der Waals surface area contributed by atoms with Gasteiger partial charge in [0.05, 0.1) is 38.4 Å². The number of fused-ring (bicyclic) bond motifs is 2. The van der Waals surface area contributed by atoms with Crippen molar-refractivity contribution in [3.8, 4) is 0 Å². The van der Waals surface area contributed by atoms with Gasteiger partial charge in [-0.1, -0.05) is 42.8 Å². The molecular formula is C27H26ClN3O3S. The second kappa shape index (κ2) is 9.93. The van der Waals surface area contributed by atoms with E-state index in [4.69, 9.17) is 11.6 Å². The molecule has 2 aliphatic rings. The number of halogens is 1. The van der Waals surface area contributed by atoms with E-state index in [1.54, 1.807) is 53.4 Å². The lowest BCUT2D eigenvalue weighted by molar-refractivity contribution is 0.0643. The van der Waals surface area contributed by atoms with E-state index in [0.29, 0.717) is 44.7 Å². The number of hydrogen-bond donors (Lipinski definition) is 0. The molecule has 2 aliphatic heterocycles. The molecule has 1 fully saturated rings. The van der Waals surface area contributed by atoms with E-state index in [0.717, 1.165) is 25.2 Å². The Kier molecular flexibility index (Phi) is 6.73. The molecule has 0 radical (unpaired) electrons. The van der Waals surface area contributed by atoms with Crippen molar-refractivity contribution in [2.24, 2.45) is 0 Å². The van der Waals surface area contributed by atoms with Gasteiger partial charge in [0.2, 0.25) is 0 Å². The van der Waals surface area contributed by atoms with Crippen molar-refractivity contribution < 1.29 is 13.8 Å². The predicted octanol–water partition coefficient (Wildman–Crippen LogP) is 4.44. The minimum Gasteiger partial charge on any atom is -0.336 e. The minimum absolute atomic E-state index is 0.0775. The van der Waals surface area contributed by atoms with Crippen LogP contribution in [0, 0.1) is 0 Å². The van der Waals surface area contributed by atoms with Crippen LogP contribution in [0.1, 0.15) is 33.2 Å². The molecule has 1 unspecified atom stereocenters. The maximum absolute atomic E-state index is 13.7. The largest absolute Gasteiger partial charge is 0.336 e. The summed E-state index contributed by atoms with van der Waals surface area (Å²) in [5, 5.41) is 0.573. The Morgan fingerprint density at radius 3 is 2.46 bits per heavy atom. The third-order valence-corrected chi connectivity index (χ3v) is 8.33. The van der Waals surface area contributed by atoms with Gasteiger partial charge in [-0.2, -0.15) is 0 Å². The number of anilines is 1. The average molecular weight is 508 g/mol. The summed E-state index contributed by atoms with van der Waals surface area (Å²) in [6, 6.07) is 19.5. The molecule has 35 heavy (non-hydrogen) atoms. The molecule has 1 atom stereocenters. The Morgan fingerprint density at radius 1 is 0.943 bits per heavy atom. The Bertz CT molecular complexity index is 1320. The molecule has 2 heterocycles. The smallest absolute Gasteiger partial charge is 0.259 e. The Labute approximate surface area is 212 Å². The van der Waals surface area contributed by atoms with Crippen LogP contribution in [0.2, 0.25) is 5.02 Å². The lowest BCUT2D eigenvalue weighted by atomic mass is 10.1. The predicted molar refractivity (Wildman–Crippen MR) is 138 cm³/mol. The maximum Gasteiger partial charge on any atom is 0.259 e. The van der Waals surface area contributed by atoms with E-state index in [9.17, 15) is 13.8 Å². The second-order valence-electron chi connectivity index (χ2n) is 8.70. The number of nitrogens with zero attached hydrogens (tertiary/aromatic N) is 3. The zero-order chi connectivity index (χ0) is 24.5. The van der Waals surface area contributed by atoms with E-state index in [2.05, 4.69) is 11.8 Å². The summed E-state index contributed by atoms with van der Waals surface area (Å²) in [4.78, 5) is 33.9. The van der Waals surface area contributed by atoms with Crippen LogP contribution in [0.5, 0.6) is 0 Å². The van der Waals surface area contributed by atoms with E-state index < -0.39 is 10.8 Å². The molecule has 5 rings (SSSR count). The first kappa shape index (κ1) is 23.7. The highest BCUT2D eigenvalue weighted by molar-refractivity contribution is 7.85. The van der Waals surface area contributed by atoms with Gasteiger partial charge in [-0.15, -0.1) is 0 Å². The Morgan fingerprint density at radius 2 is 1.71 bits per heavy atom. The van der Waals surface area contributed by atoms with E-state index in [-0.39, 0.29) is 18.4 Å². The molecule has 2 amide bonds. The quantitative estimate of drug-likeness (QED) is 0.523. The van der Waals surface area contributed by atoms with Gasteiger partial charge in [0.15, 0.2) is 0 Å². The summed E-state index contributed by atoms with van der Waals surface area (Å²) in [7, 11) is -1.56. The molecule has 3 aromatic carbocycles. The fourth-order valence-electron chi connectivity index (χ4n) is 4.62. The van der Waals surface area contributed by atoms with Crippen LogP contribution >= 0.6 is 11.6 Å². The number of rotatable bonds is 4. The normalized spacial score (nSPS) is 18.1. The fraction of sp³-hybridized carbons (Fsp3) is 0.259. The standard InChI is InChI=1S/C27H26ClN3O3S/c1-2-29-12-14-30(15-13-29)26(32)20-10-11-25-23(17-20)31(18-19-6-5-7-21(28)16-19)27(33)22-8-3-4-9-24(22)35(25)34/h3-11,16-17H,2,12-15,18H2,1H3. The highest BCUT2D eigenvalue weighted by Crippen LogP contribution is 2.36. The van der Waals surface area contributed by atoms with Crippen molar-refractivity contribution in [3.63, 3.8) is 0 Å². The van der Waals surface area contributed by atoms with Gasteiger partial charge in [0.1, 0.15) is 0 Å². The first-order valence-corrected chi connectivity index (χ1v) is 13.2. The molecule has 6 nitrogen and oxygen atoms in total. The van der Waals surface area contributed by atoms with Crippen LogP contribution in [0.3, 0.4) is 0 Å². The molecule has 0 aromatic heterocycles. The zero-order valence-corrected chi connectivity index (χ0v) is 21.0. The summed E-state index contributed by atoms with van der Waals surface area (Å²) in [5.74, 6) is -0.333. The van der Waals surface area contributed by atoms with Gasteiger partial charge in [0.25, 0.3) is 11.8 Å². The topological polar surface area (TPSA) is 60.9 Å². The molecule has 1 saturated heterocycles. The van der Waals surface area contributed by atoms with Crippen molar-refractivity contribution in [2.75, 3.05) is 37.6 Å². The number of likely N-dealkylation sites (N-methyl/N-ethyl adjacent to an activating group) is 1. The number of benzene rings is 3. The highest BCUT2D eigenvalue weighted by Gasteiger charge is 2.32. The van der Waals surface area contributed by atoms with Crippen molar-refractivity contribution >= 4 is 39.9 Å². The summed E-state index contributed by atoms with van der Waals surface area (Å²) in [6.07, 6.45) is 0. The lowest BCUT2D eigenvalue weighted by Gasteiger charge is -2.34. The molecule has 0 bridgehead atoms. The number of piperazine rings is 1. The molecule has 0 N–H and O–H groups in total. The average Bonchev–Trinajstić information content (AvgIpc) is 2.98. The van der Waals surface area contributed by atoms with Crippen molar-refractivity contribution in [1.29, 1.82) is 0 Å². The third-order valence-electron chi connectivity index (χ3n) is 6.60. The van der Waals surface area contributed by atoms with E-state index >= 15 is 0 Å². The van der Waals surface area contributed by atoms with E-state index in [1.807, 2.05) is 23.1 Å². The van der Waals surface area contributed by atoms with Crippen LogP contribution in [0.25, 0.3) is 0 Å². The van der Waals surface area contributed by atoms with Crippen molar-refractivity contribution in [3.05, 3.63) is 88.4 Å². The fourth-order valence-corrected chi connectivity index (χ4v) is 6.18. The maximum atomic E-state index is 13.7. The second-order valence-corrected chi connectivity index (χ2v) is 10.5. The van der Waals surface area contributed by atoms with Crippen LogP contribution in [0.15, 0.2) is 76.5 Å². The lowest BCUT2D eigenvalue weighted by Crippen LogP contribution is -2.48. The van der Waals surface area contributed by atoms with Gasteiger partial charge in [-0.25, -0.2) is 4.21 Å². The van der Waals surface area contributed by atoms with Gasteiger partial charge in [0, 0.05) is 36.8 Å². The minimum atomic E-state index is -1.56. The molecule has 0 spiro atoms. The summed E-state index contributed by atoms with van der Waals surface area (Å²) >= 11 is 6.20. The third kappa shape index (κ3) is 4.63. The summed E-state index contributed by atoms with van der Waals surface area (Å²) < 4.78 is 13.6. The molecule has 0 aliphatic carbocycles. The first-order chi connectivity index (χ1) is 17.0. The van der Waals surface area contributed by atoms with Crippen LogP contribution in [-0.2, 0) is 17.3 Å². The van der Waals surface area contributed by atoms with Crippen LogP contribution in [0.4, 0.5) is 5.69 Å². The highest BCUT2D eigenvalue weighted by atomic mass is 35.5. The molecule has 0 saturated carbocycles. The van der Waals surface area contributed by atoms with Gasteiger partial charge in [-0.05, 0) is 54.6 Å². The van der Waals surface area contributed by atoms with Crippen LogP contribution < -0.4 is 4.90 Å².